The molecule has 30 heavy (non-hydrogen) atoms. The Kier molecular flexibility index (Phi) is 10.3. The van der Waals surface area contributed by atoms with Gasteiger partial charge in [0, 0.05) is 32.0 Å². The summed E-state index contributed by atoms with van der Waals surface area (Å²) in [5.41, 5.74) is -3.86. The van der Waals surface area contributed by atoms with E-state index in [4.69, 9.17) is 5.11 Å². The number of hydrogen-bond donors (Lipinski definition) is 1. The molecule has 1 N–H and O–H groups in total. The molecule has 12 heteroatoms. The van der Waals surface area contributed by atoms with Crippen molar-refractivity contribution in [1.29, 1.82) is 0 Å². The van der Waals surface area contributed by atoms with Crippen molar-refractivity contribution in [2.75, 3.05) is 6.61 Å². The Morgan fingerprint density at radius 1 is 1.07 bits per heavy atom. The highest BCUT2D eigenvalue weighted by Crippen LogP contribution is 2.27. The molecule has 0 saturated heterocycles. The fraction of sp³-hybridized carbons (Fsp3) is 0.667. The molecule has 0 radical (unpaired) electrons. The van der Waals surface area contributed by atoms with Gasteiger partial charge in [-0.05, 0) is 31.7 Å². The molecule has 0 atom stereocenters. The number of nitrogens with zero attached hydrogens (tertiary/aromatic N) is 4. The molecule has 0 fully saturated rings. The summed E-state index contributed by atoms with van der Waals surface area (Å²) >= 11 is 0. The van der Waals surface area contributed by atoms with E-state index in [0.717, 1.165) is 36.2 Å². The van der Waals surface area contributed by atoms with Gasteiger partial charge in [0.05, 0.1) is 11.4 Å². The van der Waals surface area contributed by atoms with Crippen molar-refractivity contribution in [1.82, 2.24) is 19.6 Å². The van der Waals surface area contributed by atoms with Gasteiger partial charge in [-0.1, -0.05) is 27.2 Å². The average Bonchev–Trinajstić information content (AvgIpc) is 3.30. The smallest absolute Gasteiger partial charge is 0.396 e. The maximum Gasteiger partial charge on any atom is 0.534 e. The summed E-state index contributed by atoms with van der Waals surface area (Å²) < 4.78 is 65.8. The van der Waals surface area contributed by atoms with Gasteiger partial charge in [-0.3, -0.25) is 4.68 Å². The molecule has 0 aliphatic rings. The third-order valence-corrected chi connectivity index (χ3v) is 4.92. The number of aryl methyl sites for hydroxylation is 4. The van der Waals surface area contributed by atoms with Crippen LogP contribution in [-0.2, 0) is 36.0 Å². The lowest BCUT2D eigenvalue weighted by molar-refractivity contribution is -0.0502. The van der Waals surface area contributed by atoms with Crippen LogP contribution in [0, 0.1) is 0 Å². The number of hydrogen-bond acceptors (Lipinski definition) is 6. The third kappa shape index (κ3) is 7.98. The predicted molar refractivity (Wildman–Crippen MR) is 105 cm³/mol. The first-order valence-corrected chi connectivity index (χ1v) is 11.2. The van der Waals surface area contributed by atoms with Gasteiger partial charge in [0.1, 0.15) is 0 Å². The molecule has 0 unspecified atom stereocenters. The first-order chi connectivity index (χ1) is 14.1. The summed E-state index contributed by atoms with van der Waals surface area (Å²) in [6, 6.07) is 3.22. The van der Waals surface area contributed by atoms with E-state index in [-0.39, 0.29) is 6.61 Å². The zero-order valence-electron chi connectivity index (χ0n) is 17.4. The van der Waals surface area contributed by atoms with Gasteiger partial charge in [0.2, 0.25) is 5.88 Å². The second-order valence-corrected chi connectivity index (χ2v) is 7.93. The first-order valence-electron chi connectivity index (χ1n) is 9.78. The van der Waals surface area contributed by atoms with Crippen molar-refractivity contribution in [3.05, 3.63) is 29.7 Å². The predicted octanol–water partition coefficient (Wildman–Crippen LogP) is 3.30. The molecule has 0 saturated carbocycles. The van der Waals surface area contributed by atoms with Crippen LogP contribution >= 0.6 is 0 Å². The fourth-order valence-corrected chi connectivity index (χ4v) is 2.72. The molecule has 2 aromatic rings. The molecule has 172 valence electrons. The minimum absolute atomic E-state index is 0.237. The van der Waals surface area contributed by atoms with E-state index in [1.807, 2.05) is 23.9 Å². The van der Waals surface area contributed by atoms with E-state index < -0.39 is 21.5 Å². The molecular formula is C18H29F3N4O4S. The third-order valence-electron chi connectivity index (χ3n) is 3.96. The highest BCUT2D eigenvalue weighted by molar-refractivity contribution is 7.87. The Bertz CT molecular complexity index is 863. The van der Waals surface area contributed by atoms with Crippen LogP contribution in [0.5, 0.6) is 5.88 Å². The van der Waals surface area contributed by atoms with Crippen LogP contribution in [0.4, 0.5) is 13.2 Å². The van der Waals surface area contributed by atoms with E-state index in [1.54, 1.807) is 6.92 Å². The number of aliphatic hydroxyl groups is 1. The molecule has 2 rings (SSSR count). The molecule has 8 nitrogen and oxygen atoms in total. The van der Waals surface area contributed by atoms with Crippen LogP contribution in [0.25, 0.3) is 0 Å². The van der Waals surface area contributed by atoms with Gasteiger partial charge in [-0.15, -0.1) is 0 Å². The lowest BCUT2D eigenvalue weighted by atomic mass is 10.3. The molecular weight excluding hydrogens is 425 g/mol. The highest BCUT2D eigenvalue weighted by atomic mass is 32.2. The summed E-state index contributed by atoms with van der Waals surface area (Å²) in [4.78, 5) is 0. The second-order valence-electron chi connectivity index (χ2n) is 6.39. The van der Waals surface area contributed by atoms with E-state index in [1.165, 1.54) is 6.07 Å². The monoisotopic (exact) mass is 454 g/mol. The molecule has 0 aliphatic heterocycles. The van der Waals surface area contributed by atoms with E-state index in [2.05, 4.69) is 21.3 Å². The maximum atomic E-state index is 12.2. The van der Waals surface area contributed by atoms with Crippen molar-refractivity contribution in [2.45, 2.75) is 71.5 Å². The second kappa shape index (κ2) is 11.9. The van der Waals surface area contributed by atoms with E-state index in [9.17, 15) is 21.6 Å². The van der Waals surface area contributed by atoms with Crippen LogP contribution in [-0.4, -0.2) is 45.2 Å². The standard InChI is InChI=1S/C10H15F3N2O3S.C8H14N2O/c1-3-5-6-15-9(7-8(4-2)14-15)18-19(16,17)10(11,12)13;1-2-8-4-6-10(9-8)5-3-7-11/h7H,3-6H2,1-2H3;4,6,11H,2-3,5,7H2,1H3. The number of halogens is 3. The SMILES string of the molecule is CCCCn1nc(CC)cc1OS(=O)(=O)C(F)(F)F.CCc1ccn(CCCO)n1. The summed E-state index contributed by atoms with van der Waals surface area (Å²) in [6.45, 7) is 7.10. The number of rotatable bonds is 10. The Labute approximate surface area is 174 Å². The number of aliphatic hydroxyl groups excluding tert-OH is 1. The quantitative estimate of drug-likeness (QED) is 0.437. The molecule has 2 aromatic heterocycles. The van der Waals surface area contributed by atoms with Gasteiger partial charge in [-0.2, -0.15) is 31.8 Å². The molecule has 2 heterocycles. The molecule has 0 aliphatic carbocycles. The number of aromatic nitrogens is 4. The lowest BCUT2D eigenvalue weighted by Gasteiger charge is -2.10. The Hall–Kier alpha value is -2.08. The van der Waals surface area contributed by atoms with Crippen molar-refractivity contribution in [3.63, 3.8) is 0 Å². The highest BCUT2D eigenvalue weighted by Gasteiger charge is 2.49. The molecule has 0 spiro atoms. The van der Waals surface area contributed by atoms with Crippen LogP contribution in [0.15, 0.2) is 18.3 Å². The normalized spacial score (nSPS) is 11.8. The van der Waals surface area contributed by atoms with E-state index in [0.29, 0.717) is 25.1 Å². The number of unbranched alkanes of at least 4 members (excludes halogenated alkanes) is 1. The topological polar surface area (TPSA) is 99.2 Å². The summed E-state index contributed by atoms with van der Waals surface area (Å²) in [6.07, 6.45) is 5.65. The lowest BCUT2D eigenvalue weighted by Crippen LogP contribution is -2.28. The number of alkyl halides is 3. The maximum absolute atomic E-state index is 12.2. The zero-order valence-corrected chi connectivity index (χ0v) is 18.2. The van der Waals surface area contributed by atoms with Crippen molar-refractivity contribution >= 4 is 10.1 Å². The summed E-state index contributed by atoms with van der Waals surface area (Å²) in [5, 5.41) is 16.8. The van der Waals surface area contributed by atoms with Gasteiger partial charge in [0.15, 0.2) is 0 Å². The van der Waals surface area contributed by atoms with Crippen LogP contribution in [0.1, 0.15) is 51.4 Å². The zero-order chi connectivity index (χ0) is 22.8. The Morgan fingerprint density at radius 2 is 1.73 bits per heavy atom. The summed E-state index contributed by atoms with van der Waals surface area (Å²) in [5.74, 6) is -0.400. The van der Waals surface area contributed by atoms with Gasteiger partial charge in [0.25, 0.3) is 0 Å². The minimum atomic E-state index is -5.65. The van der Waals surface area contributed by atoms with Crippen molar-refractivity contribution < 1.29 is 30.9 Å². The fourth-order valence-electron chi connectivity index (χ4n) is 2.27. The minimum Gasteiger partial charge on any atom is -0.396 e. The molecule has 0 amide bonds. The van der Waals surface area contributed by atoms with Crippen LogP contribution < -0.4 is 4.18 Å². The summed E-state index contributed by atoms with van der Waals surface area (Å²) in [7, 11) is -5.65. The molecule has 0 bridgehead atoms. The van der Waals surface area contributed by atoms with Gasteiger partial charge < -0.3 is 9.29 Å². The van der Waals surface area contributed by atoms with E-state index >= 15 is 0 Å². The first kappa shape index (κ1) is 26.0. The Balaban J connectivity index is 0.000000346. The average molecular weight is 455 g/mol. The van der Waals surface area contributed by atoms with Crippen LogP contribution in [0.2, 0.25) is 0 Å². The van der Waals surface area contributed by atoms with Gasteiger partial charge in [-0.25, -0.2) is 4.68 Å². The van der Waals surface area contributed by atoms with Crippen molar-refractivity contribution in [3.8, 4) is 5.88 Å². The van der Waals surface area contributed by atoms with Gasteiger partial charge >= 0.3 is 15.6 Å². The molecule has 0 aromatic carbocycles. The largest absolute Gasteiger partial charge is 0.534 e. The van der Waals surface area contributed by atoms with Crippen molar-refractivity contribution in [2.24, 2.45) is 0 Å². The Morgan fingerprint density at radius 3 is 2.23 bits per heavy atom. The van der Waals surface area contributed by atoms with Crippen LogP contribution in [0.3, 0.4) is 0 Å².